The summed E-state index contributed by atoms with van der Waals surface area (Å²) >= 11 is 0. The Morgan fingerprint density at radius 1 is 1.36 bits per heavy atom. The summed E-state index contributed by atoms with van der Waals surface area (Å²) in [6, 6.07) is 0. The van der Waals surface area contributed by atoms with E-state index in [4.69, 9.17) is 0 Å². The van der Waals surface area contributed by atoms with Gasteiger partial charge in [-0.3, -0.25) is 0 Å². The lowest BCUT2D eigenvalue weighted by Gasteiger charge is -2.14. The van der Waals surface area contributed by atoms with Crippen molar-refractivity contribution in [2.75, 3.05) is 6.26 Å². The van der Waals surface area contributed by atoms with Crippen LogP contribution in [0, 0.1) is 11.8 Å². The first kappa shape index (κ1) is 7.71. The zero-order chi connectivity index (χ0) is 8.22. The normalized spacial score (nSPS) is 48.5. The summed E-state index contributed by atoms with van der Waals surface area (Å²) in [6.07, 6.45) is 3.50. The van der Waals surface area contributed by atoms with Gasteiger partial charge >= 0.3 is 0 Å². The van der Waals surface area contributed by atoms with Gasteiger partial charge in [-0.2, -0.15) is 10.5 Å². The lowest BCUT2D eigenvalue weighted by Crippen LogP contribution is -2.09. The van der Waals surface area contributed by atoms with E-state index in [2.05, 4.69) is 5.87 Å². The van der Waals surface area contributed by atoms with E-state index < -0.39 is 5.92 Å². The number of hydrogen-bond donors (Lipinski definition) is 0. The van der Waals surface area contributed by atoms with Crippen molar-refractivity contribution in [2.45, 2.75) is 24.0 Å². The third-order valence-corrected chi connectivity index (χ3v) is 4.49. The topological polar surface area (TPSA) is 0 Å². The molecule has 2 aliphatic carbocycles. The first-order valence-corrected chi connectivity index (χ1v) is 5.72. The molecule has 0 nitrogen and oxygen atoms in total. The Bertz CT molecular complexity index is 198. The second kappa shape index (κ2) is 2.06. The summed E-state index contributed by atoms with van der Waals surface area (Å²) in [5.41, 5.74) is 0. The molecule has 2 fully saturated rings. The molecule has 3 heteroatoms. The third-order valence-electron chi connectivity index (χ3n) is 2.97. The van der Waals surface area contributed by atoms with Crippen LogP contribution in [0.4, 0.5) is 8.78 Å². The van der Waals surface area contributed by atoms with Gasteiger partial charge in [0.1, 0.15) is 0 Å². The van der Waals surface area contributed by atoms with E-state index >= 15 is 0 Å². The molecule has 64 valence electrons. The Labute approximate surface area is 67.9 Å². The average Bonchev–Trinajstić information content (AvgIpc) is 2.28. The van der Waals surface area contributed by atoms with Gasteiger partial charge in [-0.1, -0.05) is 5.87 Å². The number of hydrogen-bond acceptors (Lipinski definition) is 0. The molecule has 0 N–H and O–H groups in total. The predicted molar refractivity (Wildman–Crippen MR) is 45.6 cm³/mol. The van der Waals surface area contributed by atoms with Gasteiger partial charge in [0.2, 0.25) is 0 Å². The Hall–Kier alpha value is 0.0800. The van der Waals surface area contributed by atoms with Crippen LogP contribution in [0.15, 0.2) is 0 Å². The monoisotopic (exact) mass is 178 g/mol. The molecule has 3 unspecified atom stereocenters. The molecule has 0 aliphatic heterocycles. The standard InChI is InChI=1S/C8H12F2S/c1-11(2)5-3-6-7(4-5)8(6,9)10/h5-7H,1,3-4H2,2H3. The maximum absolute atomic E-state index is 12.7. The van der Waals surface area contributed by atoms with Crippen molar-refractivity contribution < 1.29 is 8.78 Å². The molecule has 0 aromatic rings. The maximum atomic E-state index is 12.7. The Balaban J connectivity index is 2.00. The fraction of sp³-hybridized carbons (Fsp3) is 0.875. The van der Waals surface area contributed by atoms with Crippen LogP contribution in [0.1, 0.15) is 12.8 Å². The molecule has 11 heavy (non-hydrogen) atoms. The van der Waals surface area contributed by atoms with Gasteiger partial charge in [-0.25, -0.2) is 8.78 Å². The molecule has 0 heterocycles. The van der Waals surface area contributed by atoms with Crippen molar-refractivity contribution >= 4 is 16.4 Å². The molecule has 2 rings (SSSR count). The van der Waals surface area contributed by atoms with Crippen LogP contribution in [-0.4, -0.2) is 23.3 Å². The lowest BCUT2D eigenvalue weighted by atomic mass is 10.2. The van der Waals surface area contributed by atoms with Crippen molar-refractivity contribution in [3.8, 4) is 0 Å². The minimum atomic E-state index is -2.30. The number of halogens is 2. The number of rotatable bonds is 1. The van der Waals surface area contributed by atoms with Gasteiger partial charge in [0.15, 0.2) is 0 Å². The highest BCUT2D eigenvalue weighted by molar-refractivity contribution is 8.14. The van der Waals surface area contributed by atoms with Gasteiger partial charge in [0.05, 0.1) is 0 Å². The van der Waals surface area contributed by atoms with E-state index in [1.807, 2.05) is 6.26 Å². The van der Waals surface area contributed by atoms with Gasteiger partial charge in [0.25, 0.3) is 5.92 Å². The fourth-order valence-electron chi connectivity index (χ4n) is 2.09. The van der Waals surface area contributed by atoms with Crippen LogP contribution >= 0.6 is 10.5 Å². The highest BCUT2D eigenvalue weighted by Crippen LogP contribution is 2.66. The Kier molecular flexibility index (Phi) is 1.45. The molecule has 2 saturated carbocycles. The molecule has 0 amide bonds. The molecule has 0 saturated heterocycles. The first-order valence-electron chi connectivity index (χ1n) is 3.85. The van der Waals surface area contributed by atoms with Crippen molar-refractivity contribution in [1.82, 2.24) is 0 Å². The SMILES string of the molecule is C=S(C)C1CC2C(C1)C2(F)F. The molecule has 3 atom stereocenters. The molecule has 2 aliphatic rings. The minimum Gasteiger partial charge on any atom is -0.206 e. The number of fused-ring (bicyclic) bond motifs is 1. The molecule has 0 radical (unpaired) electrons. The second-order valence-corrected chi connectivity index (χ2v) is 5.72. The van der Waals surface area contributed by atoms with Crippen molar-refractivity contribution in [2.24, 2.45) is 11.8 Å². The molecule has 0 aromatic heterocycles. The van der Waals surface area contributed by atoms with Crippen LogP contribution < -0.4 is 0 Å². The van der Waals surface area contributed by atoms with E-state index in [9.17, 15) is 8.78 Å². The van der Waals surface area contributed by atoms with E-state index in [-0.39, 0.29) is 22.3 Å². The molecular formula is C8H12F2S. The summed E-state index contributed by atoms with van der Waals surface area (Å²) in [5.74, 6) is 1.06. The largest absolute Gasteiger partial charge is 0.254 e. The third kappa shape index (κ3) is 0.968. The Morgan fingerprint density at radius 3 is 2.18 bits per heavy atom. The molecule has 0 spiro atoms. The minimum absolute atomic E-state index is 0.102. The van der Waals surface area contributed by atoms with Crippen molar-refractivity contribution in [1.29, 1.82) is 0 Å². The van der Waals surface area contributed by atoms with E-state index in [1.165, 1.54) is 0 Å². The smallest absolute Gasteiger partial charge is 0.206 e. The van der Waals surface area contributed by atoms with Gasteiger partial charge in [-0.05, 0) is 24.3 Å². The molecule has 0 bridgehead atoms. The zero-order valence-electron chi connectivity index (χ0n) is 6.52. The first-order chi connectivity index (χ1) is 5.03. The van der Waals surface area contributed by atoms with Crippen molar-refractivity contribution in [3.63, 3.8) is 0 Å². The van der Waals surface area contributed by atoms with E-state index in [1.54, 1.807) is 0 Å². The van der Waals surface area contributed by atoms with Crippen LogP contribution in [0.25, 0.3) is 0 Å². The summed E-state index contributed by atoms with van der Waals surface area (Å²) in [6.45, 7) is 0. The van der Waals surface area contributed by atoms with E-state index in [0.29, 0.717) is 5.25 Å². The van der Waals surface area contributed by atoms with Crippen molar-refractivity contribution in [3.05, 3.63) is 0 Å². The van der Waals surface area contributed by atoms with Gasteiger partial charge in [-0.15, -0.1) is 0 Å². The fourth-order valence-corrected chi connectivity index (χ4v) is 3.17. The molecular weight excluding hydrogens is 166 g/mol. The second-order valence-electron chi connectivity index (χ2n) is 3.67. The van der Waals surface area contributed by atoms with E-state index in [0.717, 1.165) is 12.8 Å². The van der Waals surface area contributed by atoms with Crippen LogP contribution in [0.5, 0.6) is 0 Å². The van der Waals surface area contributed by atoms with Crippen LogP contribution in [0.2, 0.25) is 0 Å². The highest BCUT2D eigenvalue weighted by atomic mass is 32.2. The highest BCUT2D eigenvalue weighted by Gasteiger charge is 2.71. The maximum Gasteiger partial charge on any atom is 0.254 e. The Morgan fingerprint density at radius 2 is 1.82 bits per heavy atom. The molecule has 0 aromatic carbocycles. The van der Waals surface area contributed by atoms with Crippen LogP contribution in [-0.2, 0) is 0 Å². The quantitative estimate of drug-likeness (QED) is 0.541. The van der Waals surface area contributed by atoms with Gasteiger partial charge in [0, 0.05) is 11.8 Å². The van der Waals surface area contributed by atoms with Gasteiger partial charge < -0.3 is 0 Å². The lowest BCUT2D eigenvalue weighted by molar-refractivity contribution is 0.0737. The summed E-state index contributed by atoms with van der Waals surface area (Å²) in [4.78, 5) is 0. The zero-order valence-corrected chi connectivity index (χ0v) is 7.33. The average molecular weight is 178 g/mol. The summed E-state index contributed by atoms with van der Waals surface area (Å²) < 4.78 is 25.3. The van der Waals surface area contributed by atoms with Crippen LogP contribution in [0.3, 0.4) is 0 Å². The summed E-state index contributed by atoms with van der Waals surface area (Å²) in [7, 11) is 0.102. The number of alkyl halides is 2. The predicted octanol–water partition coefficient (Wildman–Crippen LogP) is 2.36. The summed E-state index contributed by atoms with van der Waals surface area (Å²) in [5, 5.41) is 0.490.